The summed E-state index contributed by atoms with van der Waals surface area (Å²) < 4.78 is 19.7. The molecule has 12 aromatic rings. The lowest BCUT2D eigenvalue weighted by Crippen LogP contribution is -2.48. The lowest BCUT2D eigenvalue weighted by molar-refractivity contribution is 0.0384. The number of aromatic amines is 3. The molecule has 3 aromatic carbocycles. The molecule has 28 heteroatoms. The molecule has 0 spiro atoms. The van der Waals surface area contributed by atoms with Crippen molar-refractivity contribution in [3.8, 4) is 0 Å². The average Bonchev–Trinajstić information content (AvgIpc) is 1.19. The number of morpholine rings is 1. The van der Waals surface area contributed by atoms with Gasteiger partial charge in [0.1, 0.15) is 35.5 Å². The fourth-order valence-electron chi connectivity index (χ4n) is 12.7. The van der Waals surface area contributed by atoms with E-state index >= 15 is 0 Å². The summed E-state index contributed by atoms with van der Waals surface area (Å²) in [6, 6.07) is 24.1. The molecule has 4 atom stereocenters. The van der Waals surface area contributed by atoms with Gasteiger partial charge in [0, 0.05) is 110 Å². The number of nitrogens with zero attached hydrogens (tertiary/aromatic N) is 16. The molecule has 9 aromatic heterocycles. The number of anilines is 3. The van der Waals surface area contributed by atoms with Gasteiger partial charge in [-0.2, -0.15) is 0 Å². The maximum absolute atomic E-state index is 12.3. The van der Waals surface area contributed by atoms with E-state index in [1.54, 1.807) is 25.2 Å². The van der Waals surface area contributed by atoms with Gasteiger partial charge >= 0.3 is 0 Å². The van der Waals surface area contributed by atoms with E-state index in [9.17, 15) is 4.21 Å². The molecule has 3 aliphatic heterocycles. The zero-order valence-electron chi connectivity index (χ0n) is 54.1. The van der Waals surface area contributed by atoms with E-state index in [2.05, 4.69) is 153 Å². The lowest BCUT2D eigenvalue weighted by atomic mass is 10.0. The largest absolute Gasteiger partial charge is 0.379 e. The van der Waals surface area contributed by atoms with Crippen molar-refractivity contribution in [3.63, 3.8) is 0 Å². The van der Waals surface area contributed by atoms with Gasteiger partial charge in [-0.1, -0.05) is 71.2 Å². The number of rotatable bonds is 19. The van der Waals surface area contributed by atoms with E-state index in [0.29, 0.717) is 33.6 Å². The van der Waals surface area contributed by atoms with Crippen LogP contribution in [0.2, 0.25) is 15.1 Å². The molecule has 0 bridgehead atoms. The highest BCUT2D eigenvalue weighted by Crippen LogP contribution is 2.34. The van der Waals surface area contributed by atoms with Crippen molar-refractivity contribution in [2.45, 2.75) is 71.0 Å². The highest BCUT2D eigenvalue weighted by molar-refractivity contribution is 7.97. The number of hydrogen-bond acceptors (Lipinski definition) is 20. The second kappa shape index (κ2) is 30.0. The van der Waals surface area contributed by atoms with Crippen LogP contribution in [0, 0.1) is 0 Å². The van der Waals surface area contributed by atoms with Crippen LogP contribution in [0.3, 0.4) is 0 Å². The van der Waals surface area contributed by atoms with Crippen LogP contribution in [-0.4, -0.2) is 195 Å². The number of hydrogen-bond donors (Lipinski definition) is 6. The predicted octanol–water partition coefficient (Wildman–Crippen LogP) is 11.1. The third-order valence-electron chi connectivity index (χ3n) is 17.9. The molecule has 498 valence electrons. The number of benzene rings is 3. The van der Waals surface area contributed by atoms with Crippen LogP contribution in [0.5, 0.6) is 0 Å². The maximum Gasteiger partial charge on any atom is 0.182 e. The first-order valence-electron chi connectivity index (χ1n) is 32.5. The number of pyridine rings is 3. The zero-order valence-corrected chi connectivity index (χ0v) is 57.2. The van der Waals surface area contributed by atoms with Crippen molar-refractivity contribution < 1.29 is 8.95 Å². The van der Waals surface area contributed by atoms with E-state index in [-0.39, 0.29) is 18.1 Å². The van der Waals surface area contributed by atoms with Gasteiger partial charge in [0.15, 0.2) is 34.4 Å². The Morgan fingerprint density at radius 1 is 0.490 bits per heavy atom. The Balaban J connectivity index is 0.000000131. The summed E-state index contributed by atoms with van der Waals surface area (Å²) in [5, 5.41) is 18.9. The van der Waals surface area contributed by atoms with Gasteiger partial charge in [-0.05, 0) is 105 Å². The Morgan fingerprint density at radius 3 is 1.19 bits per heavy atom. The van der Waals surface area contributed by atoms with Crippen molar-refractivity contribution in [1.29, 1.82) is 0 Å². The summed E-state index contributed by atoms with van der Waals surface area (Å²) in [5.74, 6) is 5.93. The first-order chi connectivity index (χ1) is 46.7. The molecule has 0 saturated carbocycles. The van der Waals surface area contributed by atoms with Crippen LogP contribution in [-0.2, 0) is 33.7 Å². The van der Waals surface area contributed by atoms with Gasteiger partial charge in [-0.25, -0.2) is 49.2 Å². The molecule has 96 heavy (non-hydrogen) atoms. The first kappa shape index (κ1) is 66.3. The SMILES string of the molecule is C=S(C)(=O)N1CCN(CCc2nc(C(C)Nc3ncnc4nc[nH]c34)cc3cccc(Cl)c23)CC1.CC(Nc1ncnc2nc[nH]c12)c1cc2cccc(Cl)c2c(CCN2CCCC2)n1.CC(Nc1ncnc2nc[nH]c12)c1cc2cccc(Cl)c2c(CCN2CCOCC2)n1. The number of imidazole rings is 3. The molecule has 3 aliphatic rings. The van der Waals surface area contributed by atoms with E-state index in [4.69, 9.17) is 54.5 Å². The number of fused-ring (bicyclic) bond motifs is 6. The van der Waals surface area contributed by atoms with Crippen molar-refractivity contribution in [3.05, 3.63) is 160 Å². The van der Waals surface area contributed by atoms with Crippen molar-refractivity contribution in [2.24, 2.45) is 0 Å². The molecular formula is C68H77Cl3N22O2S. The molecular weight excluding hydrogens is 1300 g/mol. The molecule has 24 nitrogen and oxygen atoms in total. The van der Waals surface area contributed by atoms with E-state index < -0.39 is 9.71 Å². The molecule has 6 N–H and O–H groups in total. The molecule has 4 unspecified atom stereocenters. The van der Waals surface area contributed by atoms with E-state index in [1.807, 2.05) is 40.7 Å². The second-order valence-electron chi connectivity index (χ2n) is 24.5. The first-order valence-corrected chi connectivity index (χ1v) is 35.7. The summed E-state index contributed by atoms with van der Waals surface area (Å²) in [4.78, 5) is 70.0. The second-order valence-corrected chi connectivity index (χ2v) is 28.2. The Kier molecular flexibility index (Phi) is 20.7. The van der Waals surface area contributed by atoms with Crippen LogP contribution in [0.15, 0.2) is 111 Å². The number of H-pyrrole nitrogens is 3. The maximum atomic E-state index is 12.3. The minimum Gasteiger partial charge on any atom is -0.379 e. The molecule has 0 aliphatic carbocycles. The van der Waals surface area contributed by atoms with Crippen molar-refractivity contribution in [2.75, 3.05) is 107 Å². The summed E-state index contributed by atoms with van der Waals surface area (Å²) >= 11 is 19.8. The lowest BCUT2D eigenvalue weighted by Gasteiger charge is -2.35. The highest BCUT2D eigenvalue weighted by atomic mass is 35.5. The number of halogens is 3. The van der Waals surface area contributed by atoms with Crippen LogP contribution in [0.25, 0.3) is 65.8 Å². The summed E-state index contributed by atoms with van der Waals surface area (Å²) in [6.45, 7) is 18.1. The van der Waals surface area contributed by atoms with Crippen molar-refractivity contribution >= 4 is 134 Å². The molecule has 15 rings (SSSR count). The van der Waals surface area contributed by atoms with E-state index in [1.165, 1.54) is 44.9 Å². The molecule has 3 saturated heterocycles. The fourth-order valence-corrected chi connectivity index (χ4v) is 14.5. The van der Waals surface area contributed by atoms with Gasteiger partial charge < -0.3 is 45.4 Å². The van der Waals surface area contributed by atoms with Gasteiger partial charge in [0.2, 0.25) is 0 Å². The minimum absolute atomic E-state index is 0.0414. The smallest absolute Gasteiger partial charge is 0.182 e. The Hall–Kier alpha value is -8.37. The summed E-state index contributed by atoms with van der Waals surface area (Å²) in [7, 11) is -2.15. The quantitative estimate of drug-likeness (QED) is 0.0410. The number of likely N-dealkylation sites (tertiary alicyclic amines) is 1. The standard InChI is InChI=1S/C24H29ClN8OS.C22H24ClN7O.C22H24ClN7/c1-16(30-24-22-23(27-14-26-22)28-15-29-24)20-13-17-5-4-6-18(25)21(17)19(31-20)7-8-32-9-11-33(12-10-32)35(2,3)34;1-14(28-22-20-21(25-12-24-20)26-13-27-22)18-11-15-3-2-4-16(23)19(15)17(29-18)5-6-30-7-9-31-10-8-30;1-14(28-22-20-21(25-12-24-20)26-13-27-22)18-11-15-5-4-6-16(23)19(15)17(29-18)7-10-30-8-2-3-9-30/h4-6,13-16H,2,7-12H2,1,3H3,(H2,26,27,28,29,30);2-4,11-14H,5-10H2,1H3,(H2,24,25,26,27,28);4-6,11-14H,2-3,7-10H2,1H3,(H2,24,25,26,27,28). The number of ether oxygens (including phenoxy) is 1. The number of piperazine rings is 1. The molecule has 0 radical (unpaired) electrons. The molecule has 12 heterocycles. The highest BCUT2D eigenvalue weighted by Gasteiger charge is 2.24. The minimum atomic E-state index is -2.15. The van der Waals surface area contributed by atoms with Crippen LogP contribution in [0.4, 0.5) is 17.5 Å². The fraction of sp³-hybridized carbons (Fsp3) is 0.368. The normalized spacial score (nSPS) is 16.7. The topological polar surface area (TPSA) is 277 Å². The Morgan fingerprint density at radius 2 is 0.833 bits per heavy atom. The zero-order chi connectivity index (χ0) is 66.3. The molecule has 0 amide bonds. The van der Waals surface area contributed by atoms with Crippen LogP contribution < -0.4 is 16.0 Å². The van der Waals surface area contributed by atoms with Gasteiger partial charge in [0.25, 0.3) is 0 Å². The van der Waals surface area contributed by atoms with Gasteiger partial charge in [0.05, 0.1) is 99.6 Å². The third-order valence-corrected chi connectivity index (χ3v) is 20.3. The molecule has 3 fully saturated rings. The number of aromatic nitrogens is 15. The van der Waals surface area contributed by atoms with Gasteiger partial charge in [-0.15, -0.1) is 0 Å². The van der Waals surface area contributed by atoms with Crippen LogP contribution in [0.1, 0.15) is 85.9 Å². The summed E-state index contributed by atoms with van der Waals surface area (Å²) in [6.07, 6.45) is 16.2. The van der Waals surface area contributed by atoms with E-state index in [0.717, 1.165) is 190 Å². The predicted molar refractivity (Wildman–Crippen MR) is 385 cm³/mol. The third kappa shape index (κ3) is 15.4. The number of nitrogens with one attached hydrogen (secondary N) is 6. The monoisotopic (exact) mass is 1370 g/mol. The summed E-state index contributed by atoms with van der Waals surface area (Å²) in [5.41, 5.74) is 10.1. The van der Waals surface area contributed by atoms with Gasteiger partial charge in [-0.3, -0.25) is 24.1 Å². The van der Waals surface area contributed by atoms with Crippen LogP contribution >= 0.6 is 34.8 Å². The Bertz CT molecular complexity index is 4800. The van der Waals surface area contributed by atoms with Crippen molar-refractivity contribution in [1.82, 2.24) is 93.8 Å². The Labute approximate surface area is 571 Å². The average molecular weight is 1370 g/mol.